The van der Waals surface area contributed by atoms with Crippen molar-refractivity contribution in [2.45, 2.75) is 30.6 Å². The molecule has 0 unspecified atom stereocenters. The van der Waals surface area contributed by atoms with E-state index in [0.717, 1.165) is 41.6 Å². The van der Waals surface area contributed by atoms with Crippen LogP contribution in [0.1, 0.15) is 25.3 Å². The zero-order chi connectivity index (χ0) is 17.6. The van der Waals surface area contributed by atoms with Crippen LogP contribution in [0.2, 0.25) is 0 Å². The zero-order valence-electron chi connectivity index (χ0n) is 14.1. The van der Waals surface area contributed by atoms with Crippen molar-refractivity contribution in [2.24, 2.45) is 5.92 Å². The molecular weight excluding hydrogens is 359 g/mol. The highest BCUT2D eigenvalue weighted by Gasteiger charge is 2.26. The van der Waals surface area contributed by atoms with E-state index in [2.05, 4.69) is 27.3 Å². The summed E-state index contributed by atoms with van der Waals surface area (Å²) in [6, 6.07) is 6.55. The van der Waals surface area contributed by atoms with Gasteiger partial charge in [-0.2, -0.15) is 0 Å². The van der Waals surface area contributed by atoms with Gasteiger partial charge in [-0.1, -0.05) is 42.2 Å². The Bertz CT molecular complexity index is 707. The van der Waals surface area contributed by atoms with Gasteiger partial charge in [0, 0.05) is 13.1 Å². The van der Waals surface area contributed by atoms with Crippen molar-refractivity contribution in [1.29, 1.82) is 0 Å². The minimum atomic E-state index is -0.225. The first-order valence-corrected chi connectivity index (χ1v) is 10.2. The molecule has 1 N–H and O–H groups in total. The molecule has 8 heteroatoms. The van der Waals surface area contributed by atoms with Gasteiger partial charge >= 0.3 is 0 Å². The highest BCUT2D eigenvalue weighted by Crippen LogP contribution is 2.26. The first-order chi connectivity index (χ1) is 12.1. The molecule has 3 rings (SSSR count). The fourth-order valence-corrected chi connectivity index (χ4v) is 4.56. The number of likely N-dealkylation sites (tertiary alicyclic amines) is 1. The van der Waals surface area contributed by atoms with Crippen molar-refractivity contribution in [3.05, 3.63) is 35.6 Å². The number of nitrogens with one attached hydrogen (secondary N) is 1. The number of amides is 1. The molecule has 1 amide bonds. The molecule has 0 radical (unpaired) electrons. The van der Waals surface area contributed by atoms with E-state index in [4.69, 9.17) is 0 Å². The van der Waals surface area contributed by atoms with Gasteiger partial charge in [-0.15, -0.1) is 10.2 Å². The molecule has 1 atom stereocenters. The van der Waals surface area contributed by atoms with E-state index in [-0.39, 0.29) is 17.6 Å². The Kier molecular flexibility index (Phi) is 6.39. The van der Waals surface area contributed by atoms with Gasteiger partial charge in [-0.05, 0) is 42.8 Å². The van der Waals surface area contributed by atoms with E-state index in [1.54, 1.807) is 23.9 Å². The standard InChI is InChI=1S/C17H21FN4OS2/c1-2-24-17-21-20-16(25-17)19-15(23)13-4-3-9-22(11-13)10-12-5-7-14(18)8-6-12/h5-8,13H,2-4,9-11H2,1H3,(H,19,20,23)/t13-/m1/s1. The Labute approximate surface area is 155 Å². The van der Waals surface area contributed by atoms with Crippen molar-refractivity contribution < 1.29 is 9.18 Å². The number of rotatable bonds is 6. The average molecular weight is 381 g/mol. The van der Waals surface area contributed by atoms with Gasteiger partial charge in [0.1, 0.15) is 5.82 Å². The lowest BCUT2D eigenvalue weighted by Crippen LogP contribution is -2.40. The molecule has 2 heterocycles. The number of aromatic nitrogens is 2. The first-order valence-electron chi connectivity index (χ1n) is 8.38. The van der Waals surface area contributed by atoms with Crippen molar-refractivity contribution in [3.8, 4) is 0 Å². The van der Waals surface area contributed by atoms with Crippen LogP contribution in [-0.4, -0.2) is 39.8 Å². The molecule has 1 fully saturated rings. The van der Waals surface area contributed by atoms with Crippen LogP contribution >= 0.6 is 23.1 Å². The van der Waals surface area contributed by atoms with Gasteiger partial charge in [0.25, 0.3) is 0 Å². The summed E-state index contributed by atoms with van der Waals surface area (Å²) in [6.45, 7) is 4.46. The molecule has 1 aromatic carbocycles. The normalized spacial score (nSPS) is 18.2. The van der Waals surface area contributed by atoms with E-state index in [1.807, 2.05) is 0 Å². The number of hydrogen-bond acceptors (Lipinski definition) is 6. The molecule has 5 nitrogen and oxygen atoms in total. The summed E-state index contributed by atoms with van der Waals surface area (Å²) >= 11 is 3.03. The second kappa shape index (κ2) is 8.73. The van der Waals surface area contributed by atoms with Crippen LogP contribution in [0.5, 0.6) is 0 Å². The number of anilines is 1. The highest BCUT2D eigenvalue weighted by molar-refractivity contribution is 8.01. The number of thioether (sulfide) groups is 1. The number of piperidine rings is 1. The van der Waals surface area contributed by atoms with Crippen molar-refractivity contribution in [2.75, 3.05) is 24.2 Å². The maximum Gasteiger partial charge on any atom is 0.230 e. The van der Waals surface area contributed by atoms with Crippen LogP contribution < -0.4 is 5.32 Å². The smallest absolute Gasteiger partial charge is 0.230 e. The van der Waals surface area contributed by atoms with Gasteiger partial charge in [0.2, 0.25) is 11.0 Å². The average Bonchev–Trinajstić information content (AvgIpc) is 3.05. The van der Waals surface area contributed by atoms with Gasteiger partial charge in [-0.25, -0.2) is 4.39 Å². The molecular formula is C17H21FN4OS2. The first kappa shape index (κ1) is 18.3. The van der Waals surface area contributed by atoms with Crippen LogP contribution in [0.4, 0.5) is 9.52 Å². The summed E-state index contributed by atoms with van der Waals surface area (Å²) in [5, 5.41) is 11.6. The fourth-order valence-electron chi connectivity index (χ4n) is 2.91. The summed E-state index contributed by atoms with van der Waals surface area (Å²) < 4.78 is 13.9. The number of benzene rings is 1. The van der Waals surface area contributed by atoms with Gasteiger partial charge in [0.05, 0.1) is 5.92 Å². The number of hydrogen-bond donors (Lipinski definition) is 1. The van der Waals surface area contributed by atoms with E-state index in [1.165, 1.54) is 23.5 Å². The maximum absolute atomic E-state index is 13.0. The third-order valence-electron chi connectivity index (χ3n) is 4.10. The van der Waals surface area contributed by atoms with Crippen LogP contribution in [0.25, 0.3) is 0 Å². The lowest BCUT2D eigenvalue weighted by Gasteiger charge is -2.31. The Morgan fingerprint density at radius 3 is 2.96 bits per heavy atom. The predicted octanol–water partition coefficient (Wildman–Crippen LogP) is 3.64. The SMILES string of the molecule is CCSc1nnc(NC(=O)[C@@H]2CCCN(Cc3ccc(F)cc3)C2)s1. The summed E-state index contributed by atoms with van der Waals surface area (Å²) in [6.07, 6.45) is 1.85. The molecule has 1 aromatic heterocycles. The molecule has 1 saturated heterocycles. The van der Waals surface area contributed by atoms with E-state index in [0.29, 0.717) is 11.7 Å². The molecule has 25 heavy (non-hydrogen) atoms. The number of carbonyl (C=O) groups is 1. The number of nitrogens with zero attached hydrogens (tertiary/aromatic N) is 3. The van der Waals surface area contributed by atoms with Crippen molar-refractivity contribution in [1.82, 2.24) is 15.1 Å². The Morgan fingerprint density at radius 2 is 2.20 bits per heavy atom. The molecule has 1 aliphatic rings. The van der Waals surface area contributed by atoms with Crippen molar-refractivity contribution >= 4 is 34.1 Å². The maximum atomic E-state index is 13.0. The lowest BCUT2D eigenvalue weighted by molar-refractivity contribution is -0.121. The second-order valence-electron chi connectivity index (χ2n) is 6.00. The fraction of sp³-hybridized carbons (Fsp3) is 0.471. The number of halogens is 1. The minimum absolute atomic E-state index is 0.00741. The summed E-state index contributed by atoms with van der Waals surface area (Å²) in [7, 11) is 0. The van der Waals surface area contributed by atoms with Gasteiger partial charge < -0.3 is 5.32 Å². The largest absolute Gasteiger partial charge is 0.300 e. The summed E-state index contributed by atoms with van der Waals surface area (Å²) in [5.41, 5.74) is 1.06. The lowest BCUT2D eigenvalue weighted by atomic mass is 9.97. The van der Waals surface area contributed by atoms with Crippen LogP contribution in [0.15, 0.2) is 28.6 Å². The third-order valence-corrected chi connectivity index (χ3v) is 5.95. The molecule has 1 aliphatic heterocycles. The van der Waals surface area contributed by atoms with Gasteiger partial charge in [0.15, 0.2) is 4.34 Å². The van der Waals surface area contributed by atoms with Crippen LogP contribution in [0.3, 0.4) is 0 Å². The monoisotopic (exact) mass is 380 g/mol. The Balaban J connectivity index is 1.54. The molecule has 0 aliphatic carbocycles. The molecule has 2 aromatic rings. The Hall–Kier alpha value is -1.51. The van der Waals surface area contributed by atoms with E-state index < -0.39 is 0 Å². The van der Waals surface area contributed by atoms with Crippen LogP contribution in [-0.2, 0) is 11.3 Å². The second-order valence-corrected chi connectivity index (χ2v) is 8.48. The molecule has 0 bridgehead atoms. The van der Waals surface area contributed by atoms with E-state index in [9.17, 15) is 9.18 Å². The quantitative estimate of drug-likeness (QED) is 0.612. The molecule has 0 saturated carbocycles. The van der Waals surface area contributed by atoms with E-state index >= 15 is 0 Å². The minimum Gasteiger partial charge on any atom is -0.300 e. The summed E-state index contributed by atoms with van der Waals surface area (Å²) in [4.78, 5) is 14.8. The molecule has 0 spiro atoms. The number of carbonyl (C=O) groups excluding carboxylic acids is 1. The van der Waals surface area contributed by atoms with Gasteiger partial charge in [-0.3, -0.25) is 9.69 Å². The highest BCUT2D eigenvalue weighted by atomic mass is 32.2. The summed E-state index contributed by atoms with van der Waals surface area (Å²) in [5.74, 6) is 0.662. The predicted molar refractivity (Wildman–Crippen MR) is 99.3 cm³/mol. The Morgan fingerprint density at radius 1 is 1.40 bits per heavy atom. The van der Waals surface area contributed by atoms with Crippen LogP contribution in [0, 0.1) is 11.7 Å². The topological polar surface area (TPSA) is 58.1 Å². The zero-order valence-corrected chi connectivity index (χ0v) is 15.7. The van der Waals surface area contributed by atoms with Crippen molar-refractivity contribution in [3.63, 3.8) is 0 Å². The molecule has 134 valence electrons. The third kappa shape index (κ3) is 5.23.